The number of carbonyl (C=O) groups excluding carboxylic acids is 1. The highest BCUT2D eigenvalue weighted by molar-refractivity contribution is 5.82. The van der Waals surface area contributed by atoms with Crippen LogP contribution in [0.1, 0.15) is 13.3 Å². The minimum absolute atomic E-state index is 0.260. The van der Waals surface area contributed by atoms with E-state index < -0.39 is 12.0 Å². The second kappa shape index (κ2) is 4.54. The molecule has 0 aliphatic carbocycles. The van der Waals surface area contributed by atoms with Gasteiger partial charge in [0.25, 0.3) is 0 Å². The summed E-state index contributed by atoms with van der Waals surface area (Å²) in [6, 6.07) is -0.792. The monoisotopic (exact) mass is 171 g/mol. The number of carbonyl (C=O) groups is 2. The van der Waals surface area contributed by atoms with Crippen molar-refractivity contribution in [3.8, 4) is 0 Å². The predicted octanol–water partition coefficient (Wildman–Crippen LogP) is 0.494. The Balaban J connectivity index is 4.38. The highest BCUT2D eigenvalue weighted by Crippen LogP contribution is 2.02. The summed E-state index contributed by atoms with van der Waals surface area (Å²) in [5.74, 6) is -1.27. The fourth-order valence-electron chi connectivity index (χ4n) is 0.802. The van der Waals surface area contributed by atoms with E-state index in [-0.39, 0.29) is 12.3 Å². The Morgan fingerprint density at radius 3 is 2.42 bits per heavy atom. The molecule has 1 N–H and O–H groups in total. The second-order valence-electron chi connectivity index (χ2n) is 2.51. The number of carboxylic acid groups (broad SMARTS) is 1. The van der Waals surface area contributed by atoms with Crippen molar-refractivity contribution in [1.82, 2.24) is 4.90 Å². The molecular weight excluding hydrogens is 158 g/mol. The minimum Gasteiger partial charge on any atom is -0.480 e. The maximum atomic E-state index is 10.8. The van der Waals surface area contributed by atoms with Gasteiger partial charge >= 0.3 is 5.97 Å². The van der Waals surface area contributed by atoms with Gasteiger partial charge in [0.15, 0.2) is 0 Å². The van der Waals surface area contributed by atoms with E-state index in [2.05, 4.69) is 6.58 Å². The zero-order chi connectivity index (χ0) is 9.72. The first-order valence-electron chi connectivity index (χ1n) is 3.57. The summed E-state index contributed by atoms with van der Waals surface area (Å²) in [4.78, 5) is 22.6. The number of hydrogen-bond acceptors (Lipinski definition) is 2. The SMILES string of the molecule is C=CC[C@@H](C(=O)O)N(C)C(C)=O. The number of aliphatic carboxylic acids is 1. The number of hydrogen-bond donors (Lipinski definition) is 1. The van der Waals surface area contributed by atoms with Gasteiger partial charge in [-0.2, -0.15) is 0 Å². The molecule has 1 amide bonds. The normalized spacial score (nSPS) is 11.8. The summed E-state index contributed by atoms with van der Waals surface area (Å²) in [7, 11) is 1.46. The third-order valence-electron chi connectivity index (χ3n) is 1.64. The molecule has 0 spiro atoms. The first kappa shape index (κ1) is 10.7. The molecule has 0 rings (SSSR count). The quantitative estimate of drug-likeness (QED) is 0.626. The van der Waals surface area contributed by atoms with Crippen molar-refractivity contribution in [2.24, 2.45) is 0 Å². The van der Waals surface area contributed by atoms with Crippen molar-refractivity contribution in [2.45, 2.75) is 19.4 Å². The summed E-state index contributed by atoms with van der Waals surface area (Å²) in [6.07, 6.45) is 1.75. The molecule has 0 saturated heterocycles. The highest BCUT2D eigenvalue weighted by Gasteiger charge is 2.22. The standard InChI is InChI=1S/C8H13NO3/c1-4-5-7(8(11)12)9(3)6(2)10/h4,7H,1,5H2,2-3H3,(H,11,12)/t7-/m0/s1. The molecule has 0 saturated carbocycles. The summed E-state index contributed by atoms with van der Waals surface area (Å²) in [6.45, 7) is 4.76. The fourth-order valence-corrected chi connectivity index (χ4v) is 0.802. The van der Waals surface area contributed by atoms with Crippen molar-refractivity contribution in [3.05, 3.63) is 12.7 Å². The topological polar surface area (TPSA) is 57.6 Å². The molecule has 0 radical (unpaired) electrons. The Morgan fingerprint density at radius 2 is 2.17 bits per heavy atom. The van der Waals surface area contributed by atoms with Gasteiger partial charge < -0.3 is 10.0 Å². The van der Waals surface area contributed by atoms with Crippen LogP contribution in [0.15, 0.2) is 12.7 Å². The van der Waals surface area contributed by atoms with Crippen LogP contribution in [-0.2, 0) is 9.59 Å². The van der Waals surface area contributed by atoms with E-state index in [1.165, 1.54) is 24.9 Å². The summed E-state index contributed by atoms with van der Waals surface area (Å²) in [5, 5.41) is 8.68. The van der Waals surface area contributed by atoms with Crippen LogP contribution >= 0.6 is 0 Å². The molecule has 0 aliphatic rings. The number of rotatable bonds is 4. The smallest absolute Gasteiger partial charge is 0.326 e. The van der Waals surface area contributed by atoms with Crippen molar-refractivity contribution in [1.29, 1.82) is 0 Å². The lowest BCUT2D eigenvalue weighted by atomic mass is 10.2. The molecule has 4 nitrogen and oxygen atoms in total. The molecule has 12 heavy (non-hydrogen) atoms. The van der Waals surface area contributed by atoms with Crippen LogP contribution in [0.2, 0.25) is 0 Å². The molecule has 1 atom stereocenters. The Bertz CT molecular complexity index is 200. The van der Waals surface area contributed by atoms with Crippen LogP contribution in [0, 0.1) is 0 Å². The maximum absolute atomic E-state index is 10.8. The minimum atomic E-state index is -1.01. The second-order valence-corrected chi connectivity index (χ2v) is 2.51. The first-order chi connectivity index (χ1) is 5.50. The van der Waals surface area contributed by atoms with Crippen molar-refractivity contribution >= 4 is 11.9 Å². The van der Waals surface area contributed by atoms with E-state index in [4.69, 9.17) is 5.11 Å². The van der Waals surface area contributed by atoms with Gasteiger partial charge in [0, 0.05) is 14.0 Å². The van der Waals surface area contributed by atoms with Crippen molar-refractivity contribution < 1.29 is 14.7 Å². The Labute approximate surface area is 71.5 Å². The van der Waals surface area contributed by atoms with Gasteiger partial charge in [0.05, 0.1) is 0 Å². The molecule has 0 heterocycles. The summed E-state index contributed by atoms with van der Waals surface area (Å²) < 4.78 is 0. The van der Waals surface area contributed by atoms with E-state index in [9.17, 15) is 9.59 Å². The number of amides is 1. The van der Waals surface area contributed by atoms with Crippen LogP contribution in [0.5, 0.6) is 0 Å². The van der Waals surface area contributed by atoms with Crippen LogP contribution in [0.25, 0.3) is 0 Å². The third-order valence-corrected chi connectivity index (χ3v) is 1.64. The Hall–Kier alpha value is -1.32. The van der Waals surface area contributed by atoms with Gasteiger partial charge in [-0.3, -0.25) is 4.79 Å². The lowest BCUT2D eigenvalue weighted by Crippen LogP contribution is -2.40. The van der Waals surface area contributed by atoms with E-state index >= 15 is 0 Å². The zero-order valence-corrected chi connectivity index (χ0v) is 7.28. The molecule has 0 aromatic rings. The zero-order valence-electron chi connectivity index (χ0n) is 7.28. The molecule has 4 heteroatoms. The van der Waals surface area contributed by atoms with Gasteiger partial charge in [0.1, 0.15) is 6.04 Å². The van der Waals surface area contributed by atoms with E-state index in [1.807, 2.05) is 0 Å². The van der Waals surface area contributed by atoms with Gasteiger partial charge in [-0.05, 0) is 6.42 Å². The van der Waals surface area contributed by atoms with Crippen molar-refractivity contribution in [2.75, 3.05) is 7.05 Å². The molecule has 0 bridgehead atoms. The van der Waals surface area contributed by atoms with Crippen LogP contribution in [0.3, 0.4) is 0 Å². The average Bonchev–Trinajstić information content (AvgIpc) is 1.98. The van der Waals surface area contributed by atoms with Crippen LogP contribution < -0.4 is 0 Å². The molecule has 68 valence electrons. The largest absolute Gasteiger partial charge is 0.480 e. The van der Waals surface area contributed by atoms with E-state index in [0.717, 1.165) is 0 Å². The molecule has 0 aromatic heterocycles. The lowest BCUT2D eigenvalue weighted by Gasteiger charge is -2.21. The molecule has 0 fully saturated rings. The van der Waals surface area contributed by atoms with Gasteiger partial charge in [0.2, 0.25) is 5.91 Å². The fraction of sp³-hybridized carbons (Fsp3) is 0.500. The maximum Gasteiger partial charge on any atom is 0.326 e. The first-order valence-corrected chi connectivity index (χ1v) is 3.57. The van der Waals surface area contributed by atoms with Crippen molar-refractivity contribution in [3.63, 3.8) is 0 Å². The average molecular weight is 171 g/mol. The van der Waals surface area contributed by atoms with Gasteiger partial charge in [-0.15, -0.1) is 6.58 Å². The molecule has 0 aromatic carbocycles. The molecule has 0 unspecified atom stereocenters. The van der Waals surface area contributed by atoms with Gasteiger partial charge in [-0.1, -0.05) is 6.08 Å². The highest BCUT2D eigenvalue weighted by atomic mass is 16.4. The number of carboxylic acids is 1. The van der Waals surface area contributed by atoms with E-state index in [0.29, 0.717) is 0 Å². The van der Waals surface area contributed by atoms with Crippen LogP contribution in [0.4, 0.5) is 0 Å². The van der Waals surface area contributed by atoms with Crippen LogP contribution in [-0.4, -0.2) is 35.0 Å². The number of likely N-dealkylation sites (N-methyl/N-ethyl adjacent to an activating group) is 1. The van der Waals surface area contributed by atoms with E-state index in [1.54, 1.807) is 0 Å². The Kier molecular flexibility index (Phi) is 4.04. The summed E-state index contributed by atoms with van der Waals surface area (Å²) >= 11 is 0. The number of nitrogens with zero attached hydrogens (tertiary/aromatic N) is 1. The lowest BCUT2D eigenvalue weighted by molar-refractivity contribution is -0.148. The van der Waals surface area contributed by atoms with Gasteiger partial charge in [-0.25, -0.2) is 4.79 Å². The molecule has 0 aliphatic heterocycles. The Morgan fingerprint density at radius 1 is 1.67 bits per heavy atom. The summed E-state index contributed by atoms with van der Waals surface area (Å²) in [5.41, 5.74) is 0. The predicted molar refractivity (Wildman–Crippen MR) is 44.7 cm³/mol. The third kappa shape index (κ3) is 2.74. The molecular formula is C8H13NO3.